The van der Waals surface area contributed by atoms with Crippen molar-refractivity contribution in [2.75, 3.05) is 6.26 Å². The van der Waals surface area contributed by atoms with E-state index in [0.29, 0.717) is 5.69 Å². The number of para-hydroxylation sites is 1. The predicted molar refractivity (Wildman–Crippen MR) is 110 cm³/mol. The third kappa shape index (κ3) is 3.83. The van der Waals surface area contributed by atoms with E-state index in [2.05, 4.69) is 15.3 Å². The van der Waals surface area contributed by atoms with Crippen molar-refractivity contribution in [3.63, 3.8) is 0 Å². The van der Waals surface area contributed by atoms with Crippen LogP contribution in [0, 0.1) is 0 Å². The van der Waals surface area contributed by atoms with E-state index in [1.54, 1.807) is 28.9 Å². The topological polar surface area (TPSA) is 57.0 Å². The van der Waals surface area contributed by atoms with Crippen LogP contribution >= 0.6 is 34.4 Å². The second kappa shape index (κ2) is 8.08. The molecular weight excluding hydrogens is 398 g/mol. The minimum atomic E-state index is -0.420. The quantitative estimate of drug-likeness (QED) is 0.324. The summed E-state index contributed by atoms with van der Waals surface area (Å²) in [5.41, 5.74) is 3.11. The zero-order valence-electron chi connectivity index (χ0n) is 14.4. The zero-order valence-corrected chi connectivity index (χ0v) is 16.8. The molecule has 0 aliphatic heterocycles. The molecule has 4 aromatic rings. The van der Waals surface area contributed by atoms with Crippen LogP contribution in [0.5, 0.6) is 0 Å². The number of hydrogen-bond acceptors (Lipinski definition) is 7. The molecule has 8 heteroatoms. The van der Waals surface area contributed by atoms with Crippen molar-refractivity contribution in [2.45, 2.75) is 11.8 Å². The zero-order chi connectivity index (χ0) is 18.6. The number of thiophene rings is 1. The molecule has 0 fully saturated rings. The number of benzene rings is 1. The third-order valence-corrected chi connectivity index (χ3v) is 6.08. The van der Waals surface area contributed by atoms with Crippen LogP contribution < -0.4 is 0 Å². The monoisotopic (exact) mass is 413 g/mol. The lowest BCUT2D eigenvalue weighted by molar-refractivity contribution is 0.0458. The molecule has 0 bridgehead atoms. The molecule has 3 aromatic heterocycles. The molecule has 0 spiro atoms. The van der Waals surface area contributed by atoms with Gasteiger partial charge in [-0.05, 0) is 29.8 Å². The molecular formula is C19H15N3O2S3. The molecule has 0 saturated carbocycles. The Bertz CT molecular complexity index is 1040. The molecule has 3 heterocycles. The van der Waals surface area contributed by atoms with Crippen LogP contribution in [-0.4, -0.2) is 26.8 Å². The Hall–Kier alpha value is -2.42. The molecule has 4 rings (SSSR count). The van der Waals surface area contributed by atoms with Crippen LogP contribution in [0.25, 0.3) is 16.3 Å². The summed E-state index contributed by atoms with van der Waals surface area (Å²) >= 11 is 4.66. The summed E-state index contributed by atoms with van der Waals surface area (Å²) < 4.78 is 7.31. The average Bonchev–Trinajstić information content (AvgIpc) is 3.46. The van der Waals surface area contributed by atoms with Gasteiger partial charge in [-0.2, -0.15) is 11.3 Å². The summed E-state index contributed by atoms with van der Waals surface area (Å²) in [5.74, 6) is -0.420. The summed E-state index contributed by atoms with van der Waals surface area (Å²) in [7, 11) is 0. The van der Waals surface area contributed by atoms with Gasteiger partial charge in [0.1, 0.15) is 11.6 Å². The van der Waals surface area contributed by atoms with Gasteiger partial charge in [0.2, 0.25) is 0 Å². The van der Waals surface area contributed by atoms with Crippen molar-refractivity contribution < 1.29 is 9.53 Å². The van der Waals surface area contributed by atoms with E-state index < -0.39 is 5.97 Å². The summed E-state index contributed by atoms with van der Waals surface area (Å²) in [6, 6.07) is 11.7. The molecule has 0 saturated heterocycles. The fourth-order valence-corrected chi connectivity index (χ4v) is 4.62. The van der Waals surface area contributed by atoms with Crippen LogP contribution in [-0.2, 0) is 11.3 Å². The lowest BCUT2D eigenvalue weighted by Crippen LogP contribution is -2.12. The number of thioether (sulfide) groups is 1. The van der Waals surface area contributed by atoms with Gasteiger partial charge < -0.3 is 4.74 Å². The summed E-state index contributed by atoms with van der Waals surface area (Å²) in [6.45, 7) is 0.133. The van der Waals surface area contributed by atoms with Gasteiger partial charge in [-0.3, -0.25) is 4.57 Å². The molecule has 0 amide bonds. The highest BCUT2D eigenvalue weighted by Crippen LogP contribution is 2.26. The molecule has 27 heavy (non-hydrogen) atoms. The minimum absolute atomic E-state index is 0.133. The van der Waals surface area contributed by atoms with E-state index in [-0.39, 0.29) is 6.61 Å². The summed E-state index contributed by atoms with van der Waals surface area (Å²) in [5, 5.41) is 7.66. The number of esters is 1. The third-order valence-electron chi connectivity index (χ3n) is 3.81. The Labute approximate surface area is 168 Å². The van der Waals surface area contributed by atoms with Crippen molar-refractivity contribution in [1.82, 2.24) is 14.5 Å². The maximum atomic E-state index is 12.7. The summed E-state index contributed by atoms with van der Waals surface area (Å²) in [4.78, 5) is 21.5. The number of carbonyl (C=O) groups is 1. The minimum Gasteiger partial charge on any atom is -0.454 e. The van der Waals surface area contributed by atoms with E-state index in [0.717, 1.165) is 27.1 Å². The molecule has 1 aromatic carbocycles. The van der Waals surface area contributed by atoms with Gasteiger partial charge in [-0.25, -0.2) is 14.8 Å². The second-order valence-corrected chi connectivity index (χ2v) is 7.94. The van der Waals surface area contributed by atoms with Gasteiger partial charge in [0.15, 0.2) is 10.9 Å². The van der Waals surface area contributed by atoms with Crippen molar-refractivity contribution in [2.24, 2.45) is 0 Å². The Morgan fingerprint density at radius 1 is 1.22 bits per heavy atom. The Morgan fingerprint density at radius 2 is 2.07 bits per heavy atom. The van der Waals surface area contributed by atoms with Gasteiger partial charge in [0, 0.05) is 22.0 Å². The number of imidazole rings is 1. The number of aromatic nitrogens is 3. The first-order valence-electron chi connectivity index (χ1n) is 8.07. The first-order valence-corrected chi connectivity index (χ1v) is 11.1. The van der Waals surface area contributed by atoms with Gasteiger partial charge in [-0.15, -0.1) is 11.3 Å². The second-order valence-electron chi connectivity index (χ2n) is 5.53. The van der Waals surface area contributed by atoms with Crippen LogP contribution in [0.2, 0.25) is 0 Å². The van der Waals surface area contributed by atoms with Gasteiger partial charge in [0.05, 0.1) is 11.9 Å². The van der Waals surface area contributed by atoms with Gasteiger partial charge in [-0.1, -0.05) is 30.0 Å². The Balaban J connectivity index is 1.52. The molecule has 0 radical (unpaired) electrons. The van der Waals surface area contributed by atoms with Gasteiger partial charge >= 0.3 is 5.97 Å². The lowest BCUT2D eigenvalue weighted by Gasteiger charge is -2.10. The van der Waals surface area contributed by atoms with E-state index in [1.165, 1.54) is 11.8 Å². The first kappa shape index (κ1) is 18.0. The van der Waals surface area contributed by atoms with Crippen molar-refractivity contribution in [3.8, 4) is 16.3 Å². The molecule has 0 unspecified atom stereocenters. The van der Waals surface area contributed by atoms with E-state index in [4.69, 9.17) is 4.74 Å². The number of carbonyl (C=O) groups excluding carboxylic acids is 1. The van der Waals surface area contributed by atoms with Gasteiger partial charge in [0.25, 0.3) is 0 Å². The lowest BCUT2D eigenvalue weighted by atomic mass is 10.3. The van der Waals surface area contributed by atoms with E-state index in [9.17, 15) is 4.79 Å². The van der Waals surface area contributed by atoms with Crippen LogP contribution in [0.3, 0.4) is 0 Å². The SMILES string of the molecule is CSc1ncc(C(=O)OCc2csc(-c3ccsc3)n2)n1-c1ccccc1. The number of rotatable bonds is 6. The predicted octanol–water partition coefficient (Wildman–Crippen LogP) is 5.14. The first-order chi connectivity index (χ1) is 13.3. The number of thiazole rings is 1. The van der Waals surface area contributed by atoms with Crippen LogP contribution in [0.15, 0.2) is 63.9 Å². The fraction of sp³-hybridized carbons (Fsp3) is 0.105. The number of nitrogens with zero attached hydrogens (tertiary/aromatic N) is 3. The normalized spacial score (nSPS) is 10.9. The molecule has 0 aliphatic rings. The largest absolute Gasteiger partial charge is 0.454 e. The molecule has 5 nitrogen and oxygen atoms in total. The highest BCUT2D eigenvalue weighted by Gasteiger charge is 2.19. The van der Waals surface area contributed by atoms with Crippen LogP contribution in [0.4, 0.5) is 0 Å². The highest BCUT2D eigenvalue weighted by atomic mass is 32.2. The standard InChI is InChI=1S/C19H15N3O2S3/c1-25-19-20-9-16(22(19)15-5-3-2-4-6-15)18(23)24-10-14-12-27-17(21-14)13-7-8-26-11-13/h2-9,11-12H,10H2,1H3. The average molecular weight is 414 g/mol. The molecule has 0 atom stereocenters. The van der Waals surface area contributed by atoms with Crippen LogP contribution in [0.1, 0.15) is 16.2 Å². The Morgan fingerprint density at radius 3 is 2.81 bits per heavy atom. The smallest absolute Gasteiger partial charge is 0.357 e. The van der Waals surface area contributed by atoms with Crippen molar-refractivity contribution >= 4 is 40.4 Å². The fourth-order valence-electron chi connectivity index (χ4n) is 2.55. The maximum Gasteiger partial charge on any atom is 0.357 e. The molecule has 0 aliphatic carbocycles. The highest BCUT2D eigenvalue weighted by molar-refractivity contribution is 7.98. The van der Waals surface area contributed by atoms with E-state index in [1.807, 2.05) is 58.0 Å². The number of hydrogen-bond donors (Lipinski definition) is 0. The van der Waals surface area contributed by atoms with Crippen molar-refractivity contribution in [3.05, 3.63) is 70.1 Å². The number of ether oxygens (including phenoxy) is 1. The summed E-state index contributed by atoms with van der Waals surface area (Å²) in [6.07, 6.45) is 3.48. The van der Waals surface area contributed by atoms with E-state index >= 15 is 0 Å². The van der Waals surface area contributed by atoms with Crippen molar-refractivity contribution in [1.29, 1.82) is 0 Å². The maximum absolute atomic E-state index is 12.7. The Kier molecular flexibility index (Phi) is 5.38. The molecule has 0 N–H and O–H groups in total. The molecule has 136 valence electrons.